The third kappa shape index (κ3) is 2.81. The van der Waals surface area contributed by atoms with Gasteiger partial charge in [0.25, 0.3) is 5.91 Å². The second-order valence-electron chi connectivity index (χ2n) is 6.38. The van der Waals surface area contributed by atoms with Crippen molar-refractivity contribution in [1.29, 1.82) is 0 Å². The summed E-state index contributed by atoms with van der Waals surface area (Å²) in [4.78, 5) is 12.3. The van der Waals surface area contributed by atoms with Crippen molar-refractivity contribution < 1.29 is 13.9 Å². The zero-order chi connectivity index (χ0) is 16.0. The molecule has 0 spiro atoms. The minimum absolute atomic E-state index is 0.150. The average molecular weight is 313 g/mol. The van der Waals surface area contributed by atoms with Crippen LogP contribution in [0.2, 0.25) is 0 Å². The maximum atomic E-state index is 12.3. The van der Waals surface area contributed by atoms with E-state index in [1.165, 1.54) is 11.1 Å². The molecule has 1 saturated carbocycles. The topological polar surface area (TPSA) is 77.2 Å². The smallest absolute Gasteiger partial charge is 0.261 e. The van der Waals surface area contributed by atoms with Gasteiger partial charge >= 0.3 is 0 Å². The Kier molecular flexibility index (Phi) is 3.32. The van der Waals surface area contributed by atoms with Gasteiger partial charge in [-0.3, -0.25) is 4.79 Å². The highest BCUT2D eigenvalue weighted by Crippen LogP contribution is 2.39. The largest absolute Gasteiger partial charge is 0.480 e. The molecule has 0 unspecified atom stereocenters. The lowest BCUT2D eigenvalue weighted by Crippen LogP contribution is -2.37. The summed E-state index contributed by atoms with van der Waals surface area (Å²) in [6.45, 7) is 4.35. The lowest BCUT2D eigenvalue weighted by Gasteiger charge is -2.10. The molecule has 6 nitrogen and oxygen atoms in total. The number of carbonyl (C=O) groups is 1. The van der Waals surface area contributed by atoms with Crippen LogP contribution in [0.1, 0.15) is 47.2 Å². The number of nitrogens with zero attached hydrogens (tertiary/aromatic N) is 2. The Hall–Kier alpha value is -2.37. The quantitative estimate of drug-likeness (QED) is 0.936. The first-order valence-electron chi connectivity index (χ1n) is 7.97. The molecule has 1 amide bonds. The number of benzene rings is 1. The van der Waals surface area contributed by atoms with Gasteiger partial charge < -0.3 is 14.5 Å². The molecule has 1 atom stereocenters. The minimum atomic E-state index is -0.489. The molecule has 1 fully saturated rings. The zero-order valence-corrected chi connectivity index (χ0v) is 13.3. The second kappa shape index (κ2) is 5.37. The van der Waals surface area contributed by atoms with Gasteiger partial charge in [-0.05, 0) is 49.4 Å². The van der Waals surface area contributed by atoms with Crippen LogP contribution in [0.25, 0.3) is 0 Å². The molecule has 2 aliphatic rings. The second-order valence-corrected chi connectivity index (χ2v) is 6.38. The summed E-state index contributed by atoms with van der Waals surface area (Å²) in [5, 5.41) is 10.8. The minimum Gasteiger partial charge on any atom is -0.480 e. The van der Waals surface area contributed by atoms with Crippen molar-refractivity contribution in [2.45, 2.75) is 51.7 Å². The van der Waals surface area contributed by atoms with Crippen LogP contribution in [0.5, 0.6) is 5.75 Å². The third-order valence-corrected chi connectivity index (χ3v) is 4.47. The number of fused-ring (bicyclic) bond motifs is 1. The van der Waals surface area contributed by atoms with E-state index < -0.39 is 6.10 Å². The first-order valence-corrected chi connectivity index (χ1v) is 7.97. The first kappa shape index (κ1) is 14.2. The van der Waals surface area contributed by atoms with Gasteiger partial charge in [-0.25, -0.2) is 0 Å². The highest BCUT2D eigenvalue weighted by molar-refractivity contribution is 5.82. The van der Waals surface area contributed by atoms with Crippen LogP contribution in [-0.2, 0) is 17.8 Å². The van der Waals surface area contributed by atoms with Gasteiger partial charge in [-0.15, -0.1) is 10.2 Å². The molecule has 2 heterocycles. The van der Waals surface area contributed by atoms with E-state index in [2.05, 4.69) is 28.5 Å². The van der Waals surface area contributed by atoms with E-state index in [9.17, 15) is 4.79 Å². The van der Waals surface area contributed by atoms with Crippen molar-refractivity contribution in [3.63, 3.8) is 0 Å². The Morgan fingerprint density at radius 3 is 2.83 bits per heavy atom. The normalized spacial score (nSPS) is 19.3. The molecule has 1 N–H and O–H groups in total. The number of carbonyl (C=O) groups excluding carboxylic acids is 1. The molecule has 1 aliphatic heterocycles. The van der Waals surface area contributed by atoms with E-state index in [1.54, 1.807) is 0 Å². The average Bonchev–Trinajstić information content (AvgIpc) is 3.13. The number of hydrogen-bond acceptors (Lipinski definition) is 5. The summed E-state index contributed by atoms with van der Waals surface area (Å²) in [5.74, 6) is 2.21. The van der Waals surface area contributed by atoms with Gasteiger partial charge in [-0.1, -0.05) is 6.07 Å². The lowest BCUT2D eigenvalue weighted by molar-refractivity contribution is -0.127. The number of nitrogens with one attached hydrogen (secondary N) is 1. The molecular weight excluding hydrogens is 294 g/mol. The molecule has 1 aromatic carbocycles. The highest BCUT2D eigenvalue weighted by Gasteiger charge is 2.31. The van der Waals surface area contributed by atoms with Crippen LogP contribution >= 0.6 is 0 Å². The highest BCUT2D eigenvalue weighted by atomic mass is 16.5. The fourth-order valence-electron chi connectivity index (χ4n) is 2.77. The molecule has 0 bridgehead atoms. The van der Waals surface area contributed by atoms with Gasteiger partial charge in [0, 0.05) is 12.3 Å². The molecular formula is C17H19N3O3. The number of ether oxygens (including phenoxy) is 1. The summed E-state index contributed by atoms with van der Waals surface area (Å²) in [6, 6.07) is 4.09. The number of amides is 1. The summed E-state index contributed by atoms with van der Waals surface area (Å²) in [6.07, 6.45) is 2.33. The monoisotopic (exact) mass is 313 g/mol. The maximum Gasteiger partial charge on any atom is 0.261 e. The molecule has 0 saturated heterocycles. The van der Waals surface area contributed by atoms with Crippen molar-refractivity contribution in [2.75, 3.05) is 0 Å². The fraction of sp³-hybridized carbons (Fsp3) is 0.471. The first-order chi connectivity index (χ1) is 11.1. The van der Waals surface area contributed by atoms with Crippen molar-refractivity contribution in [3.05, 3.63) is 40.6 Å². The summed E-state index contributed by atoms with van der Waals surface area (Å²) >= 11 is 0. The molecule has 4 rings (SSSR count). The van der Waals surface area contributed by atoms with Crippen LogP contribution in [0.3, 0.4) is 0 Å². The molecule has 120 valence electrons. The van der Waals surface area contributed by atoms with Gasteiger partial charge in [0.2, 0.25) is 11.8 Å². The van der Waals surface area contributed by atoms with Gasteiger partial charge in [0.1, 0.15) is 5.75 Å². The van der Waals surface area contributed by atoms with Crippen molar-refractivity contribution >= 4 is 5.91 Å². The molecule has 0 radical (unpaired) electrons. The fourth-order valence-corrected chi connectivity index (χ4v) is 2.77. The van der Waals surface area contributed by atoms with Crippen molar-refractivity contribution in [3.8, 4) is 5.75 Å². The molecule has 6 heteroatoms. The molecule has 1 aromatic heterocycles. The summed E-state index contributed by atoms with van der Waals surface area (Å²) in [7, 11) is 0. The predicted molar refractivity (Wildman–Crippen MR) is 82.2 cm³/mol. The van der Waals surface area contributed by atoms with Crippen LogP contribution in [0.15, 0.2) is 16.5 Å². The maximum absolute atomic E-state index is 12.3. The Bertz CT molecular complexity index is 733. The molecule has 23 heavy (non-hydrogen) atoms. The van der Waals surface area contributed by atoms with Gasteiger partial charge in [0.05, 0.1) is 6.54 Å². The van der Waals surface area contributed by atoms with Gasteiger partial charge in [-0.2, -0.15) is 0 Å². The predicted octanol–water partition coefficient (Wildman–Crippen LogP) is 2.18. The van der Waals surface area contributed by atoms with Crippen molar-refractivity contribution in [1.82, 2.24) is 15.5 Å². The van der Waals surface area contributed by atoms with E-state index >= 15 is 0 Å². The Morgan fingerprint density at radius 2 is 2.04 bits per heavy atom. The molecule has 2 aromatic rings. The number of aryl methyl sites for hydroxylation is 2. The SMILES string of the molecule is Cc1cc2c(cc1C)O[C@@H](C(=O)NCc1nnc(C3CC3)o1)C2. The van der Waals surface area contributed by atoms with E-state index in [0.717, 1.165) is 24.2 Å². The summed E-state index contributed by atoms with van der Waals surface area (Å²) < 4.78 is 11.3. The summed E-state index contributed by atoms with van der Waals surface area (Å²) in [5.41, 5.74) is 3.47. The van der Waals surface area contributed by atoms with Crippen molar-refractivity contribution in [2.24, 2.45) is 0 Å². The Balaban J connectivity index is 1.36. The van der Waals surface area contributed by atoms with Gasteiger partial charge in [0.15, 0.2) is 6.10 Å². The van der Waals surface area contributed by atoms with Crippen LogP contribution < -0.4 is 10.1 Å². The van der Waals surface area contributed by atoms with E-state index in [4.69, 9.17) is 9.15 Å². The van der Waals surface area contributed by atoms with E-state index in [1.807, 2.05) is 13.0 Å². The van der Waals surface area contributed by atoms with E-state index in [0.29, 0.717) is 24.1 Å². The standard InChI is InChI=1S/C17H19N3O3/c1-9-5-12-7-14(22-13(12)6-10(9)2)16(21)18-8-15-19-20-17(23-15)11-3-4-11/h5-6,11,14H,3-4,7-8H2,1-2H3,(H,18,21)/t14-/m1/s1. The van der Waals surface area contributed by atoms with Crippen LogP contribution in [0.4, 0.5) is 0 Å². The number of aromatic nitrogens is 2. The van der Waals surface area contributed by atoms with E-state index in [-0.39, 0.29) is 12.5 Å². The molecule has 1 aliphatic carbocycles. The number of rotatable bonds is 4. The van der Waals surface area contributed by atoms with Crippen LogP contribution in [-0.4, -0.2) is 22.2 Å². The third-order valence-electron chi connectivity index (χ3n) is 4.47. The zero-order valence-electron chi connectivity index (χ0n) is 13.3. The lowest BCUT2D eigenvalue weighted by atomic mass is 10.0. The van der Waals surface area contributed by atoms with Crippen LogP contribution in [0, 0.1) is 13.8 Å². The number of hydrogen-bond donors (Lipinski definition) is 1. The Labute approximate surface area is 134 Å². The Morgan fingerprint density at radius 1 is 1.26 bits per heavy atom.